The minimum atomic E-state index is -2.59. The third kappa shape index (κ3) is 3.83. The molecule has 0 bridgehead atoms. The number of amides is 1. The molecule has 2 rings (SSSR count). The highest BCUT2D eigenvalue weighted by Crippen LogP contribution is 2.33. The SMILES string of the molecule is COc1ccc(C(=O)NC2CCC(F)(F)CC2)cc1OC. The van der Waals surface area contributed by atoms with E-state index in [0.717, 1.165) is 0 Å². The molecule has 21 heavy (non-hydrogen) atoms. The number of methoxy groups -OCH3 is 2. The van der Waals surface area contributed by atoms with Gasteiger partial charge in [0.05, 0.1) is 14.2 Å². The Bertz CT molecular complexity index is 510. The zero-order valence-electron chi connectivity index (χ0n) is 12.1. The minimum Gasteiger partial charge on any atom is -0.493 e. The number of nitrogens with one attached hydrogen (secondary N) is 1. The van der Waals surface area contributed by atoms with Gasteiger partial charge in [0.25, 0.3) is 5.91 Å². The Morgan fingerprint density at radius 2 is 1.81 bits per heavy atom. The largest absolute Gasteiger partial charge is 0.493 e. The Morgan fingerprint density at radius 3 is 2.38 bits per heavy atom. The van der Waals surface area contributed by atoms with E-state index in [-0.39, 0.29) is 24.8 Å². The fourth-order valence-electron chi connectivity index (χ4n) is 2.43. The average Bonchev–Trinajstić information content (AvgIpc) is 2.48. The molecular weight excluding hydrogens is 280 g/mol. The molecule has 116 valence electrons. The van der Waals surface area contributed by atoms with Crippen molar-refractivity contribution in [3.05, 3.63) is 23.8 Å². The maximum absolute atomic E-state index is 13.1. The molecule has 0 aromatic heterocycles. The molecule has 1 N–H and O–H groups in total. The molecule has 0 heterocycles. The van der Waals surface area contributed by atoms with Gasteiger partial charge in [-0.1, -0.05) is 0 Å². The Balaban J connectivity index is 2.01. The second-order valence-corrected chi connectivity index (χ2v) is 5.17. The number of hydrogen-bond acceptors (Lipinski definition) is 3. The summed E-state index contributed by atoms with van der Waals surface area (Å²) >= 11 is 0. The van der Waals surface area contributed by atoms with Gasteiger partial charge in [-0.3, -0.25) is 4.79 Å². The molecular formula is C15H19F2NO3. The van der Waals surface area contributed by atoms with Crippen molar-refractivity contribution < 1.29 is 23.0 Å². The molecule has 0 atom stereocenters. The second kappa shape index (κ2) is 6.28. The van der Waals surface area contributed by atoms with Gasteiger partial charge >= 0.3 is 0 Å². The topological polar surface area (TPSA) is 47.6 Å². The molecule has 1 aliphatic rings. The van der Waals surface area contributed by atoms with Crippen LogP contribution in [-0.4, -0.2) is 32.1 Å². The fourth-order valence-corrected chi connectivity index (χ4v) is 2.43. The van der Waals surface area contributed by atoms with E-state index in [0.29, 0.717) is 29.9 Å². The lowest BCUT2D eigenvalue weighted by Crippen LogP contribution is -2.40. The summed E-state index contributed by atoms with van der Waals surface area (Å²) in [5.74, 6) is -1.89. The Morgan fingerprint density at radius 1 is 1.19 bits per heavy atom. The van der Waals surface area contributed by atoms with Crippen LogP contribution in [0.3, 0.4) is 0 Å². The van der Waals surface area contributed by atoms with Gasteiger partial charge in [0.1, 0.15) is 0 Å². The Hall–Kier alpha value is -1.85. The number of ether oxygens (including phenoxy) is 2. The smallest absolute Gasteiger partial charge is 0.251 e. The van der Waals surface area contributed by atoms with Crippen molar-refractivity contribution in [2.75, 3.05) is 14.2 Å². The molecule has 0 aliphatic heterocycles. The van der Waals surface area contributed by atoms with Crippen molar-refractivity contribution in [1.29, 1.82) is 0 Å². The predicted molar refractivity (Wildman–Crippen MR) is 74.2 cm³/mol. The normalized spacial score (nSPS) is 18.1. The number of carbonyl (C=O) groups is 1. The van der Waals surface area contributed by atoms with Crippen LogP contribution in [0.5, 0.6) is 11.5 Å². The van der Waals surface area contributed by atoms with Gasteiger partial charge in [-0.2, -0.15) is 0 Å². The van der Waals surface area contributed by atoms with Crippen molar-refractivity contribution in [3.63, 3.8) is 0 Å². The summed E-state index contributed by atoms with van der Waals surface area (Å²) in [6, 6.07) is 4.63. The van der Waals surface area contributed by atoms with Crippen LogP contribution >= 0.6 is 0 Å². The summed E-state index contributed by atoms with van der Waals surface area (Å²) in [6.07, 6.45) is 0.242. The molecule has 1 fully saturated rings. The van der Waals surface area contributed by atoms with Crippen molar-refractivity contribution >= 4 is 5.91 Å². The first-order valence-electron chi connectivity index (χ1n) is 6.86. The van der Waals surface area contributed by atoms with E-state index in [1.165, 1.54) is 14.2 Å². The van der Waals surface area contributed by atoms with Crippen LogP contribution in [0.15, 0.2) is 18.2 Å². The second-order valence-electron chi connectivity index (χ2n) is 5.17. The summed E-state index contributed by atoms with van der Waals surface area (Å²) in [5.41, 5.74) is 0.421. The van der Waals surface area contributed by atoms with E-state index in [9.17, 15) is 13.6 Å². The molecule has 1 aromatic carbocycles. The highest BCUT2D eigenvalue weighted by molar-refractivity contribution is 5.95. The molecule has 1 saturated carbocycles. The molecule has 1 aromatic rings. The van der Waals surface area contributed by atoms with Gasteiger partial charge in [0.2, 0.25) is 5.92 Å². The van der Waals surface area contributed by atoms with Crippen LogP contribution in [0.1, 0.15) is 36.0 Å². The molecule has 0 radical (unpaired) electrons. The fraction of sp³-hybridized carbons (Fsp3) is 0.533. The molecule has 6 heteroatoms. The van der Waals surface area contributed by atoms with Gasteiger partial charge in [-0.25, -0.2) is 8.78 Å². The van der Waals surface area contributed by atoms with Crippen LogP contribution in [0.4, 0.5) is 8.78 Å². The standard InChI is InChI=1S/C15H19F2NO3/c1-20-12-4-3-10(9-13(12)21-2)14(19)18-11-5-7-15(16,17)8-6-11/h3-4,9,11H,5-8H2,1-2H3,(H,18,19). The van der Waals surface area contributed by atoms with E-state index >= 15 is 0 Å². The number of hydrogen-bond donors (Lipinski definition) is 1. The first kappa shape index (κ1) is 15.5. The molecule has 4 nitrogen and oxygen atoms in total. The van der Waals surface area contributed by atoms with E-state index in [1.807, 2.05) is 0 Å². The Labute approximate surface area is 122 Å². The maximum atomic E-state index is 13.1. The summed E-state index contributed by atoms with van der Waals surface area (Å²) in [5, 5.41) is 2.79. The summed E-state index contributed by atoms with van der Waals surface area (Å²) < 4.78 is 36.4. The van der Waals surface area contributed by atoms with Crippen molar-refractivity contribution in [2.45, 2.75) is 37.6 Å². The first-order valence-corrected chi connectivity index (χ1v) is 6.86. The van der Waals surface area contributed by atoms with Crippen molar-refractivity contribution in [1.82, 2.24) is 5.32 Å². The van der Waals surface area contributed by atoms with Gasteiger partial charge in [-0.15, -0.1) is 0 Å². The quantitative estimate of drug-likeness (QED) is 0.929. The summed E-state index contributed by atoms with van der Waals surface area (Å²) in [4.78, 5) is 12.1. The highest BCUT2D eigenvalue weighted by Gasteiger charge is 2.35. The summed E-state index contributed by atoms with van der Waals surface area (Å²) in [7, 11) is 3.00. The maximum Gasteiger partial charge on any atom is 0.251 e. The molecule has 0 saturated heterocycles. The lowest BCUT2D eigenvalue weighted by Gasteiger charge is -2.28. The van der Waals surface area contributed by atoms with E-state index < -0.39 is 5.92 Å². The molecule has 1 amide bonds. The highest BCUT2D eigenvalue weighted by atomic mass is 19.3. The number of halogens is 2. The van der Waals surface area contributed by atoms with E-state index in [4.69, 9.17) is 9.47 Å². The van der Waals surface area contributed by atoms with Gasteiger partial charge in [0.15, 0.2) is 11.5 Å². The van der Waals surface area contributed by atoms with Crippen molar-refractivity contribution in [2.24, 2.45) is 0 Å². The van der Waals surface area contributed by atoms with Crippen LogP contribution in [0.25, 0.3) is 0 Å². The summed E-state index contributed by atoms with van der Waals surface area (Å²) in [6.45, 7) is 0. The van der Waals surface area contributed by atoms with Crippen LogP contribution in [0.2, 0.25) is 0 Å². The lowest BCUT2D eigenvalue weighted by molar-refractivity contribution is -0.0399. The predicted octanol–water partition coefficient (Wildman–Crippen LogP) is 3.01. The third-order valence-corrected chi connectivity index (χ3v) is 3.70. The number of benzene rings is 1. The number of carbonyl (C=O) groups excluding carboxylic acids is 1. The van der Waals surface area contributed by atoms with Gasteiger partial charge < -0.3 is 14.8 Å². The zero-order valence-corrected chi connectivity index (χ0v) is 12.1. The number of alkyl halides is 2. The van der Waals surface area contributed by atoms with Gasteiger partial charge in [0, 0.05) is 24.4 Å². The van der Waals surface area contributed by atoms with Crippen LogP contribution < -0.4 is 14.8 Å². The number of rotatable bonds is 4. The third-order valence-electron chi connectivity index (χ3n) is 3.70. The molecule has 0 spiro atoms. The van der Waals surface area contributed by atoms with Crippen LogP contribution in [-0.2, 0) is 0 Å². The van der Waals surface area contributed by atoms with E-state index in [2.05, 4.69) is 5.32 Å². The molecule has 1 aliphatic carbocycles. The van der Waals surface area contributed by atoms with Crippen LogP contribution in [0, 0.1) is 0 Å². The van der Waals surface area contributed by atoms with Crippen molar-refractivity contribution in [3.8, 4) is 11.5 Å². The average molecular weight is 299 g/mol. The molecule has 0 unspecified atom stereocenters. The monoisotopic (exact) mass is 299 g/mol. The first-order chi connectivity index (χ1) is 9.95. The lowest BCUT2D eigenvalue weighted by atomic mass is 9.92. The minimum absolute atomic E-state index is 0.177. The van der Waals surface area contributed by atoms with Gasteiger partial charge in [-0.05, 0) is 31.0 Å². The zero-order chi connectivity index (χ0) is 15.5. The van der Waals surface area contributed by atoms with E-state index in [1.54, 1.807) is 18.2 Å². The Kier molecular flexibility index (Phi) is 4.65.